The second kappa shape index (κ2) is 6.84. The SMILES string of the molecule is CNC(C)C(=O)NCCc1ccc(Cl)cc1Cl. The zero-order valence-electron chi connectivity index (χ0n) is 9.89. The van der Waals surface area contributed by atoms with Gasteiger partial charge in [0.15, 0.2) is 0 Å². The zero-order valence-corrected chi connectivity index (χ0v) is 11.4. The molecule has 0 aliphatic rings. The van der Waals surface area contributed by atoms with Gasteiger partial charge in [-0.2, -0.15) is 0 Å². The van der Waals surface area contributed by atoms with E-state index in [-0.39, 0.29) is 11.9 Å². The van der Waals surface area contributed by atoms with Gasteiger partial charge in [0, 0.05) is 16.6 Å². The van der Waals surface area contributed by atoms with Gasteiger partial charge in [0.25, 0.3) is 0 Å². The van der Waals surface area contributed by atoms with Crippen molar-refractivity contribution >= 4 is 29.1 Å². The molecule has 0 fully saturated rings. The molecule has 3 nitrogen and oxygen atoms in total. The number of nitrogens with one attached hydrogen (secondary N) is 2. The third-order valence-electron chi connectivity index (χ3n) is 2.53. The zero-order chi connectivity index (χ0) is 12.8. The van der Waals surface area contributed by atoms with Gasteiger partial charge >= 0.3 is 0 Å². The van der Waals surface area contributed by atoms with Crippen molar-refractivity contribution in [2.24, 2.45) is 0 Å². The summed E-state index contributed by atoms with van der Waals surface area (Å²) in [6.07, 6.45) is 0.693. The molecule has 0 radical (unpaired) electrons. The van der Waals surface area contributed by atoms with Gasteiger partial charge in [-0.25, -0.2) is 0 Å². The molecule has 94 valence electrons. The molecular formula is C12H16Cl2N2O. The Bertz CT molecular complexity index is 396. The maximum absolute atomic E-state index is 11.5. The van der Waals surface area contributed by atoms with Crippen LogP contribution >= 0.6 is 23.2 Å². The Kier molecular flexibility index (Phi) is 5.75. The number of rotatable bonds is 5. The summed E-state index contributed by atoms with van der Waals surface area (Å²) in [5.74, 6) is -0.0161. The Hall–Kier alpha value is -0.770. The molecule has 1 atom stereocenters. The molecule has 17 heavy (non-hydrogen) atoms. The lowest BCUT2D eigenvalue weighted by Gasteiger charge is -2.11. The van der Waals surface area contributed by atoms with Crippen molar-refractivity contribution < 1.29 is 4.79 Å². The van der Waals surface area contributed by atoms with E-state index >= 15 is 0 Å². The van der Waals surface area contributed by atoms with Crippen LogP contribution in [-0.4, -0.2) is 25.5 Å². The summed E-state index contributed by atoms with van der Waals surface area (Å²) in [5.41, 5.74) is 0.980. The van der Waals surface area contributed by atoms with Crippen LogP contribution in [0.5, 0.6) is 0 Å². The average molecular weight is 275 g/mol. The summed E-state index contributed by atoms with van der Waals surface area (Å²) in [7, 11) is 1.75. The largest absolute Gasteiger partial charge is 0.354 e. The Morgan fingerprint density at radius 1 is 1.41 bits per heavy atom. The van der Waals surface area contributed by atoms with Crippen LogP contribution in [0.1, 0.15) is 12.5 Å². The summed E-state index contributed by atoms with van der Waals surface area (Å²) in [4.78, 5) is 11.5. The van der Waals surface area contributed by atoms with Crippen LogP contribution in [0, 0.1) is 0 Å². The second-order valence-corrected chi connectivity index (χ2v) is 4.63. The van der Waals surface area contributed by atoms with Crippen molar-refractivity contribution in [2.45, 2.75) is 19.4 Å². The van der Waals surface area contributed by atoms with Crippen LogP contribution < -0.4 is 10.6 Å². The van der Waals surface area contributed by atoms with Crippen LogP contribution in [0.4, 0.5) is 0 Å². The van der Waals surface area contributed by atoms with E-state index in [4.69, 9.17) is 23.2 Å². The lowest BCUT2D eigenvalue weighted by Crippen LogP contribution is -2.41. The molecule has 1 amide bonds. The van der Waals surface area contributed by atoms with Crippen molar-refractivity contribution in [2.75, 3.05) is 13.6 Å². The van der Waals surface area contributed by atoms with E-state index in [9.17, 15) is 4.79 Å². The third kappa shape index (κ3) is 4.54. The molecule has 0 aromatic heterocycles. The normalized spacial score (nSPS) is 12.2. The fraction of sp³-hybridized carbons (Fsp3) is 0.417. The maximum atomic E-state index is 11.5. The predicted octanol–water partition coefficient (Wildman–Crippen LogP) is 2.26. The summed E-state index contributed by atoms with van der Waals surface area (Å²) >= 11 is 11.8. The quantitative estimate of drug-likeness (QED) is 0.865. The average Bonchev–Trinajstić information content (AvgIpc) is 2.30. The van der Waals surface area contributed by atoms with E-state index in [1.807, 2.05) is 13.0 Å². The molecule has 0 spiro atoms. The first-order valence-corrected chi connectivity index (χ1v) is 6.19. The predicted molar refractivity (Wildman–Crippen MR) is 71.7 cm³/mol. The Morgan fingerprint density at radius 2 is 2.12 bits per heavy atom. The number of carbonyl (C=O) groups is 1. The Balaban J connectivity index is 2.43. The molecule has 0 bridgehead atoms. The fourth-order valence-electron chi connectivity index (χ4n) is 1.33. The van der Waals surface area contributed by atoms with Gasteiger partial charge in [0.1, 0.15) is 0 Å². The van der Waals surface area contributed by atoms with Gasteiger partial charge in [0.05, 0.1) is 6.04 Å². The topological polar surface area (TPSA) is 41.1 Å². The van der Waals surface area contributed by atoms with E-state index in [0.717, 1.165) is 5.56 Å². The minimum absolute atomic E-state index is 0.0161. The molecule has 5 heteroatoms. The molecule has 0 aliphatic heterocycles. The van der Waals surface area contributed by atoms with Gasteiger partial charge in [-0.15, -0.1) is 0 Å². The number of likely N-dealkylation sites (N-methyl/N-ethyl adjacent to an activating group) is 1. The van der Waals surface area contributed by atoms with Crippen LogP contribution in [0.25, 0.3) is 0 Å². The maximum Gasteiger partial charge on any atom is 0.236 e. The fourth-order valence-corrected chi connectivity index (χ4v) is 1.83. The smallest absolute Gasteiger partial charge is 0.236 e. The first-order valence-electron chi connectivity index (χ1n) is 5.43. The van der Waals surface area contributed by atoms with Crippen LogP contribution in [0.2, 0.25) is 10.0 Å². The number of carbonyl (C=O) groups excluding carboxylic acids is 1. The van der Waals surface area contributed by atoms with Crippen LogP contribution in [0.15, 0.2) is 18.2 Å². The minimum atomic E-state index is -0.185. The molecule has 1 rings (SSSR count). The van der Waals surface area contributed by atoms with Crippen LogP contribution in [-0.2, 0) is 11.2 Å². The highest BCUT2D eigenvalue weighted by molar-refractivity contribution is 6.35. The van der Waals surface area contributed by atoms with Crippen molar-refractivity contribution in [3.8, 4) is 0 Å². The first-order chi connectivity index (χ1) is 8.04. The van der Waals surface area contributed by atoms with E-state index in [2.05, 4.69) is 10.6 Å². The monoisotopic (exact) mass is 274 g/mol. The highest BCUT2D eigenvalue weighted by Gasteiger charge is 2.09. The molecular weight excluding hydrogens is 259 g/mol. The summed E-state index contributed by atoms with van der Waals surface area (Å²) in [6.45, 7) is 2.37. The van der Waals surface area contributed by atoms with Gasteiger partial charge in [-0.1, -0.05) is 29.3 Å². The molecule has 0 saturated carbocycles. The molecule has 1 unspecified atom stereocenters. The van der Waals surface area contributed by atoms with E-state index in [1.165, 1.54) is 0 Å². The van der Waals surface area contributed by atoms with Crippen LogP contribution in [0.3, 0.4) is 0 Å². The van der Waals surface area contributed by atoms with Gasteiger partial charge in [-0.3, -0.25) is 4.79 Å². The summed E-state index contributed by atoms with van der Waals surface area (Å²) < 4.78 is 0. The number of halogens is 2. The number of hydrogen-bond acceptors (Lipinski definition) is 2. The highest BCUT2D eigenvalue weighted by Crippen LogP contribution is 2.20. The number of hydrogen-bond donors (Lipinski definition) is 2. The number of benzene rings is 1. The summed E-state index contributed by atoms with van der Waals surface area (Å²) in [6, 6.07) is 5.19. The van der Waals surface area contributed by atoms with Gasteiger partial charge in [-0.05, 0) is 38.1 Å². The lowest BCUT2D eigenvalue weighted by molar-refractivity contribution is -0.122. The molecule has 1 aromatic rings. The van der Waals surface area contributed by atoms with Gasteiger partial charge < -0.3 is 10.6 Å². The van der Waals surface area contributed by atoms with Crippen molar-refractivity contribution in [3.05, 3.63) is 33.8 Å². The first kappa shape index (κ1) is 14.3. The van der Waals surface area contributed by atoms with Gasteiger partial charge in [0.2, 0.25) is 5.91 Å². The summed E-state index contributed by atoms with van der Waals surface area (Å²) in [5, 5.41) is 6.96. The molecule has 1 aromatic carbocycles. The number of amides is 1. The molecule has 0 heterocycles. The van der Waals surface area contributed by atoms with E-state index < -0.39 is 0 Å². The lowest BCUT2D eigenvalue weighted by atomic mass is 10.1. The standard InChI is InChI=1S/C12H16Cl2N2O/c1-8(15-2)12(17)16-6-5-9-3-4-10(13)7-11(9)14/h3-4,7-8,15H,5-6H2,1-2H3,(H,16,17). The van der Waals surface area contributed by atoms with Crippen molar-refractivity contribution in [3.63, 3.8) is 0 Å². The third-order valence-corrected chi connectivity index (χ3v) is 3.12. The van der Waals surface area contributed by atoms with E-state index in [1.54, 1.807) is 19.2 Å². The van der Waals surface area contributed by atoms with Crippen molar-refractivity contribution in [1.29, 1.82) is 0 Å². The molecule has 0 aliphatic carbocycles. The minimum Gasteiger partial charge on any atom is -0.354 e. The molecule has 2 N–H and O–H groups in total. The Morgan fingerprint density at radius 3 is 2.71 bits per heavy atom. The Labute approximate surface area is 111 Å². The van der Waals surface area contributed by atoms with E-state index in [0.29, 0.717) is 23.0 Å². The second-order valence-electron chi connectivity index (χ2n) is 3.79. The molecule has 0 saturated heterocycles. The highest BCUT2D eigenvalue weighted by atomic mass is 35.5. The van der Waals surface area contributed by atoms with Crippen molar-refractivity contribution in [1.82, 2.24) is 10.6 Å².